The number of halogens is 3. The monoisotopic (exact) mass is 369 g/mol. The van der Waals surface area contributed by atoms with Crippen LogP contribution in [0, 0.1) is 0 Å². The molecular formula is C15H10Cl3N3O2. The van der Waals surface area contributed by atoms with Crippen molar-refractivity contribution in [1.82, 2.24) is 5.43 Å². The van der Waals surface area contributed by atoms with Crippen LogP contribution in [0.4, 0.5) is 5.69 Å². The van der Waals surface area contributed by atoms with E-state index in [1.54, 1.807) is 24.3 Å². The molecule has 2 aromatic rings. The fourth-order valence-electron chi connectivity index (χ4n) is 1.56. The van der Waals surface area contributed by atoms with Crippen LogP contribution in [0.5, 0.6) is 0 Å². The molecule has 0 aliphatic rings. The van der Waals surface area contributed by atoms with Crippen LogP contribution in [0.15, 0.2) is 47.6 Å². The molecule has 2 N–H and O–H groups in total. The maximum atomic E-state index is 11.7. The van der Waals surface area contributed by atoms with Gasteiger partial charge in [0.1, 0.15) is 0 Å². The Labute approximate surface area is 147 Å². The third-order valence-corrected chi connectivity index (χ3v) is 3.59. The average Bonchev–Trinajstić information content (AvgIpc) is 2.51. The Morgan fingerprint density at radius 1 is 0.957 bits per heavy atom. The van der Waals surface area contributed by atoms with Crippen molar-refractivity contribution in [2.75, 3.05) is 5.32 Å². The number of carbonyl (C=O) groups excluding carboxylic acids is 2. The largest absolute Gasteiger partial charge is 0.329 e. The second-order valence-electron chi connectivity index (χ2n) is 4.34. The molecule has 0 spiro atoms. The van der Waals surface area contributed by atoms with Gasteiger partial charge in [-0.3, -0.25) is 9.59 Å². The number of amides is 2. The Bertz CT molecular complexity index is 778. The lowest BCUT2D eigenvalue weighted by molar-refractivity contribution is -0.136. The molecule has 0 bridgehead atoms. The first-order chi connectivity index (χ1) is 11.0. The van der Waals surface area contributed by atoms with Gasteiger partial charge >= 0.3 is 11.8 Å². The van der Waals surface area contributed by atoms with E-state index in [2.05, 4.69) is 15.8 Å². The average molecular weight is 371 g/mol. The summed E-state index contributed by atoms with van der Waals surface area (Å²) < 4.78 is 0. The van der Waals surface area contributed by atoms with E-state index < -0.39 is 11.8 Å². The van der Waals surface area contributed by atoms with Crippen molar-refractivity contribution in [3.8, 4) is 0 Å². The molecule has 0 unspecified atom stereocenters. The SMILES string of the molecule is O=C(N/N=C/c1cccc(Cl)c1)C(=O)Nc1ccc(Cl)c(Cl)c1. The molecule has 0 aromatic heterocycles. The maximum Gasteiger partial charge on any atom is 0.329 e. The van der Waals surface area contributed by atoms with Gasteiger partial charge in [-0.05, 0) is 35.9 Å². The molecule has 2 rings (SSSR count). The molecule has 0 atom stereocenters. The minimum Gasteiger partial charge on any atom is -0.318 e. The van der Waals surface area contributed by atoms with Gasteiger partial charge in [0, 0.05) is 10.7 Å². The number of nitrogens with zero attached hydrogens (tertiary/aromatic N) is 1. The minimum absolute atomic E-state index is 0.267. The molecule has 0 heterocycles. The molecule has 0 fully saturated rings. The Morgan fingerprint density at radius 3 is 2.43 bits per heavy atom. The lowest BCUT2D eigenvalue weighted by atomic mass is 10.2. The van der Waals surface area contributed by atoms with Gasteiger partial charge in [-0.15, -0.1) is 0 Å². The van der Waals surface area contributed by atoms with Crippen molar-refractivity contribution < 1.29 is 9.59 Å². The van der Waals surface area contributed by atoms with Crippen molar-refractivity contribution in [3.63, 3.8) is 0 Å². The number of hydrogen-bond acceptors (Lipinski definition) is 3. The topological polar surface area (TPSA) is 70.6 Å². The Balaban J connectivity index is 1.92. The summed E-state index contributed by atoms with van der Waals surface area (Å²) in [4.78, 5) is 23.3. The molecule has 23 heavy (non-hydrogen) atoms. The Morgan fingerprint density at radius 2 is 1.74 bits per heavy atom. The lowest BCUT2D eigenvalue weighted by Gasteiger charge is -2.05. The van der Waals surface area contributed by atoms with Gasteiger partial charge in [-0.1, -0.05) is 46.9 Å². The molecule has 5 nitrogen and oxygen atoms in total. The van der Waals surface area contributed by atoms with Crippen LogP contribution in [0.3, 0.4) is 0 Å². The summed E-state index contributed by atoms with van der Waals surface area (Å²) in [6, 6.07) is 11.3. The summed E-state index contributed by atoms with van der Waals surface area (Å²) in [6.45, 7) is 0. The molecule has 8 heteroatoms. The summed E-state index contributed by atoms with van der Waals surface area (Å²) in [7, 11) is 0. The third kappa shape index (κ3) is 5.25. The molecule has 0 saturated heterocycles. The molecule has 2 aromatic carbocycles. The third-order valence-electron chi connectivity index (χ3n) is 2.61. The van der Waals surface area contributed by atoms with Crippen LogP contribution in [-0.4, -0.2) is 18.0 Å². The number of carbonyl (C=O) groups is 2. The summed E-state index contributed by atoms with van der Waals surface area (Å²) in [5.74, 6) is -1.80. The van der Waals surface area contributed by atoms with Crippen molar-refractivity contribution in [1.29, 1.82) is 0 Å². The van der Waals surface area contributed by atoms with Gasteiger partial charge in [-0.2, -0.15) is 5.10 Å². The minimum atomic E-state index is -0.922. The van der Waals surface area contributed by atoms with Crippen molar-refractivity contribution >= 4 is 58.5 Å². The standard InChI is InChI=1S/C15H10Cl3N3O2/c16-10-3-1-2-9(6-10)8-19-21-15(23)14(22)20-11-4-5-12(17)13(18)7-11/h1-8H,(H,20,22)(H,21,23)/b19-8+. The highest BCUT2D eigenvalue weighted by atomic mass is 35.5. The van der Waals surface area contributed by atoms with Crippen molar-refractivity contribution in [3.05, 3.63) is 63.1 Å². The predicted octanol–water partition coefficient (Wildman–Crippen LogP) is 3.74. The first kappa shape index (κ1) is 17.3. The van der Waals surface area contributed by atoms with Gasteiger partial charge in [0.15, 0.2) is 0 Å². The normalized spacial score (nSPS) is 10.6. The van der Waals surface area contributed by atoms with E-state index in [1.807, 2.05) is 0 Å². The molecule has 118 valence electrons. The zero-order chi connectivity index (χ0) is 16.8. The second kappa shape index (κ2) is 7.97. The number of nitrogens with one attached hydrogen (secondary N) is 2. The Hall–Kier alpha value is -2.08. The molecule has 2 amide bonds. The van der Waals surface area contributed by atoms with E-state index in [-0.39, 0.29) is 5.02 Å². The number of hydrazone groups is 1. The van der Waals surface area contributed by atoms with E-state index in [0.717, 1.165) is 0 Å². The fourth-order valence-corrected chi connectivity index (χ4v) is 2.06. The second-order valence-corrected chi connectivity index (χ2v) is 5.59. The summed E-state index contributed by atoms with van der Waals surface area (Å²) >= 11 is 17.4. The highest BCUT2D eigenvalue weighted by Gasteiger charge is 2.13. The molecule has 0 radical (unpaired) electrons. The highest BCUT2D eigenvalue weighted by molar-refractivity contribution is 6.43. The van der Waals surface area contributed by atoms with Gasteiger partial charge in [-0.25, -0.2) is 5.43 Å². The number of rotatable bonds is 3. The molecule has 0 aliphatic heterocycles. The van der Waals surface area contributed by atoms with Gasteiger partial charge in [0.2, 0.25) is 0 Å². The van der Waals surface area contributed by atoms with E-state index >= 15 is 0 Å². The first-order valence-corrected chi connectivity index (χ1v) is 7.44. The van der Waals surface area contributed by atoms with Crippen LogP contribution in [0.1, 0.15) is 5.56 Å². The summed E-state index contributed by atoms with van der Waals surface area (Å²) in [5, 5.41) is 7.22. The summed E-state index contributed by atoms with van der Waals surface area (Å²) in [5.41, 5.74) is 3.14. The predicted molar refractivity (Wildman–Crippen MR) is 92.3 cm³/mol. The van der Waals surface area contributed by atoms with Crippen LogP contribution in [0.25, 0.3) is 0 Å². The van der Waals surface area contributed by atoms with Crippen LogP contribution in [0.2, 0.25) is 15.1 Å². The summed E-state index contributed by atoms with van der Waals surface area (Å²) in [6.07, 6.45) is 1.37. The maximum absolute atomic E-state index is 11.7. The van der Waals surface area contributed by atoms with Gasteiger partial charge in [0.25, 0.3) is 0 Å². The van der Waals surface area contributed by atoms with Crippen molar-refractivity contribution in [2.24, 2.45) is 5.10 Å². The van der Waals surface area contributed by atoms with E-state index in [0.29, 0.717) is 21.3 Å². The molecule has 0 saturated carbocycles. The fraction of sp³-hybridized carbons (Fsp3) is 0. The van der Waals surface area contributed by atoms with Crippen molar-refractivity contribution in [2.45, 2.75) is 0 Å². The van der Waals surface area contributed by atoms with E-state index in [4.69, 9.17) is 34.8 Å². The highest BCUT2D eigenvalue weighted by Crippen LogP contribution is 2.24. The zero-order valence-electron chi connectivity index (χ0n) is 11.5. The first-order valence-electron chi connectivity index (χ1n) is 6.31. The number of benzene rings is 2. The van der Waals surface area contributed by atoms with Crippen LogP contribution in [-0.2, 0) is 9.59 Å². The molecular weight excluding hydrogens is 361 g/mol. The smallest absolute Gasteiger partial charge is 0.318 e. The number of anilines is 1. The lowest BCUT2D eigenvalue weighted by Crippen LogP contribution is -2.32. The quantitative estimate of drug-likeness (QED) is 0.491. The number of hydrogen-bond donors (Lipinski definition) is 2. The molecule has 0 aliphatic carbocycles. The van der Waals surface area contributed by atoms with E-state index in [1.165, 1.54) is 24.4 Å². The zero-order valence-corrected chi connectivity index (χ0v) is 13.8. The van der Waals surface area contributed by atoms with Crippen LogP contribution >= 0.6 is 34.8 Å². The van der Waals surface area contributed by atoms with Crippen LogP contribution < -0.4 is 10.7 Å². The van der Waals surface area contributed by atoms with Gasteiger partial charge in [0.05, 0.1) is 16.3 Å². The van der Waals surface area contributed by atoms with Gasteiger partial charge < -0.3 is 5.32 Å². The Kier molecular flexibility index (Phi) is 5.98. The van der Waals surface area contributed by atoms with E-state index in [9.17, 15) is 9.59 Å².